The van der Waals surface area contributed by atoms with Crippen LogP contribution in [0.2, 0.25) is 0 Å². The van der Waals surface area contributed by atoms with Crippen molar-refractivity contribution < 1.29 is 4.74 Å². The number of ether oxygens (including phenoxy) is 1. The first kappa shape index (κ1) is 13.5. The van der Waals surface area contributed by atoms with Crippen LogP contribution < -0.4 is 0 Å². The van der Waals surface area contributed by atoms with E-state index in [1.807, 2.05) is 7.11 Å². The Morgan fingerprint density at radius 2 is 2.00 bits per heavy atom. The van der Waals surface area contributed by atoms with Gasteiger partial charge in [-0.05, 0) is 49.4 Å². The van der Waals surface area contributed by atoms with E-state index in [-0.39, 0.29) is 11.1 Å². The highest BCUT2D eigenvalue weighted by molar-refractivity contribution is 5.16. The summed E-state index contributed by atoms with van der Waals surface area (Å²) in [6, 6.07) is 0. The summed E-state index contributed by atoms with van der Waals surface area (Å²) < 4.78 is 6.08. The van der Waals surface area contributed by atoms with E-state index in [1.54, 1.807) is 0 Å². The average Bonchev–Trinajstić information content (AvgIpc) is 2.64. The smallest absolute Gasteiger partial charge is 0.108 e. The second kappa shape index (κ2) is 4.28. The summed E-state index contributed by atoms with van der Waals surface area (Å²) in [5.74, 6) is 0.990. The molecule has 3 fully saturated rings. The van der Waals surface area contributed by atoms with Crippen LogP contribution in [0.4, 0.5) is 0 Å². The Labute approximate surface area is 116 Å². The maximum Gasteiger partial charge on any atom is 0.108 e. The van der Waals surface area contributed by atoms with Crippen molar-refractivity contribution in [1.82, 2.24) is 0 Å². The highest BCUT2D eigenvalue weighted by Gasteiger charge is 2.63. The molecule has 3 saturated carbocycles. The third-order valence-electron chi connectivity index (χ3n) is 6.86. The van der Waals surface area contributed by atoms with E-state index in [2.05, 4.69) is 19.0 Å². The number of nitrogens with zero attached hydrogens (tertiary/aromatic N) is 1. The quantitative estimate of drug-likeness (QED) is 0.698. The molecule has 0 aromatic heterocycles. The van der Waals surface area contributed by atoms with Crippen molar-refractivity contribution in [3.8, 4) is 0 Å². The SMILES string of the molecule is CO[C@@]12CC(C)[C@@](N=O)(CCC3(C)CCCCC31)C2. The van der Waals surface area contributed by atoms with Crippen LogP contribution in [0.5, 0.6) is 0 Å². The first-order valence-electron chi connectivity index (χ1n) is 7.90. The fourth-order valence-electron chi connectivity index (χ4n) is 5.64. The largest absolute Gasteiger partial charge is 0.378 e. The van der Waals surface area contributed by atoms with E-state index in [0.717, 1.165) is 25.7 Å². The summed E-state index contributed by atoms with van der Waals surface area (Å²) in [5.41, 5.74) is -0.0732. The van der Waals surface area contributed by atoms with E-state index in [0.29, 0.717) is 17.3 Å². The van der Waals surface area contributed by atoms with Crippen LogP contribution in [0.3, 0.4) is 0 Å². The van der Waals surface area contributed by atoms with Gasteiger partial charge in [-0.3, -0.25) is 0 Å². The van der Waals surface area contributed by atoms with Crippen molar-refractivity contribution in [1.29, 1.82) is 0 Å². The number of hydrogen-bond donors (Lipinski definition) is 0. The molecule has 3 rings (SSSR count). The van der Waals surface area contributed by atoms with E-state index >= 15 is 0 Å². The third-order valence-corrected chi connectivity index (χ3v) is 6.86. The Bertz CT molecular complexity index is 385. The van der Waals surface area contributed by atoms with Gasteiger partial charge in [-0.2, -0.15) is 4.91 Å². The van der Waals surface area contributed by atoms with Crippen molar-refractivity contribution in [2.24, 2.45) is 22.4 Å². The molecule has 3 heteroatoms. The molecule has 3 nitrogen and oxygen atoms in total. The van der Waals surface area contributed by atoms with Crippen molar-refractivity contribution in [2.75, 3.05) is 7.11 Å². The van der Waals surface area contributed by atoms with Crippen LogP contribution in [-0.4, -0.2) is 18.2 Å². The van der Waals surface area contributed by atoms with Crippen LogP contribution in [0.15, 0.2) is 5.18 Å². The molecule has 3 aliphatic rings. The van der Waals surface area contributed by atoms with Crippen LogP contribution in [-0.2, 0) is 4.74 Å². The minimum absolute atomic E-state index is 0.0843. The van der Waals surface area contributed by atoms with Gasteiger partial charge in [-0.25, -0.2) is 0 Å². The monoisotopic (exact) mass is 265 g/mol. The van der Waals surface area contributed by atoms with Crippen LogP contribution in [0.25, 0.3) is 0 Å². The average molecular weight is 265 g/mol. The van der Waals surface area contributed by atoms with Gasteiger partial charge in [0, 0.05) is 13.5 Å². The van der Waals surface area contributed by atoms with Crippen molar-refractivity contribution in [3.05, 3.63) is 4.91 Å². The third kappa shape index (κ3) is 1.73. The Morgan fingerprint density at radius 3 is 2.68 bits per heavy atom. The Kier molecular flexibility index (Phi) is 3.05. The minimum atomic E-state index is -0.351. The number of rotatable bonds is 2. The molecule has 19 heavy (non-hydrogen) atoms. The number of methoxy groups -OCH3 is 1. The lowest BCUT2D eigenvalue weighted by Crippen LogP contribution is -2.47. The fourth-order valence-corrected chi connectivity index (χ4v) is 5.64. The molecular formula is C16H27NO2. The minimum Gasteiger partial charge on any atom is -0.378 e. The van der Waals surface area contributed by atoms with Gasteiger partial charge in [-0.1, -0.05) is 31.9 Å². The summed E-state index contributed by atoms with van der Waals surface area (Å²) in [7, 11) is 1.86. The first-order valence-corrected chi connectivity index (χ1v) is 7.90. The van der Waals surface area contributed by atoms with Gasteiger partial charge in [0.15, 0.2) is 0 Å². The van der Waals surface area contributed by atoms with Crippen molar-refractivity contribution >= 4 is 0 Å². The van der Waals surface area contributed by atoms with Gasteiger partial charge in [0.1, 0.15) is 5.54 Å². The standard InChI is InChI=1S/C16H27NO2/c1-12-10-16(19-3)11-15(12,17-18)9-8-14(2)7-5-4-6-13(14)16/h12-13H,4-11H2,1-3H3/t12?,13?,14?,15-,16-/m1/s1. The molecule has 0 radical (unpaired) electrons. The zero-order valence-corrected chi connectivity index (χ0v) is 12.6. The fraction of sp³-hybridized carbons (Fsp3) is 1.00. The maximum absolute atomic E-state index is 11.6. The second-order valence-corrected chi connectivity index (χ2v) is 7.70. The molecular weight excluding hydrogens is 238 g/mol. The molecule has 0 saturated heterocycles. The lowest BCUT2D eigenvalue weighted by molar-refractivity contribution is -0.112. The van der Waals surface area contributed by atoms with Gasteiger partial charge in [0.05, 0.1) is 5.60 Å². The zero-order valence-electron chi connectivity index (χ0n) is 12.6. The Hall–Kier alpha value is -0.440. The summed E-state index contributed by atoms with van der Waals surface area (Å²) in [4.78, 5) is 11.6. The summed E-state index contributed by atoms with van der Waals surface area (Å²) >= 11 is 0. The zero-order chi connectivity index (χ0) is 13.7. The molecule has 0 aromatic carbocycles. The van der Waals surface area contributed by atoms with E-state index in [9.17, 15) is 4.91 Å². The van der Waals surface area contributed by atoms with E-state index < -0.39 is 0 Å². The number of fused-ring (bicyclic) bond motifs is 4. The molecule has 3 unspecified atom stereocenters. The Balaban J connectivity index is 2.04. The van der Waals surface area contributed by atoms with E-state index in [4.69, 9.17) is 4.74 Å². The maximum atomic E-state index is 11.6. The molecule has 0 N–H and O–H groups in total. The highest BCUT2D eigenvalue weighted by atomic mass is 16.5. The van der Waals surface area contributed by atoms with Gasteiger partial charge >= 0.3 is 0 Å². The number of hydrogen-bond acceptors (Lipinski definition) is 3. The summed E-state index contributed by atoms with van der Waals surface area (Å²) in [6.45, 7) is 4.63. The molecule has 0 spiro atoms. The van der Waals surface area contributed by atoms with Gasteiger partial charge in [0.2, 0.25) is 0 Å². The number of nitroso groups, excluding NO2 is 1. The topological polar surface area (TPSA) is 38.7 Å². The van der Waals surface area contributed by atoms with Crippen molar-refractivity contribution in [2.45, 2.75) is 76.4 Å². The van der Waals surface area contributed by atoms with Gasteiger partial charge in [-0.15, -0.1) is 0 Å². The molecule has 5 atom stereocenters. The molecule has 2 bridgehead atoms. The highest BCUT2D eigenvalue weighted by Crippen LogP contribution is 2.63. The lowest BCUT2D eigenvalue weighted by Gasteiger charge is -2.49. The van der Waals surface area contributed by atoms with Gasteiger partial charge < -0.3 is 4.74 Å². The predicted molar refractivity (Wildman–Crippen MR) is 76.0 cm³/mol. The van der Waals surface area contributed by atoms with E-state index in [1.165, 1.54) is 25.7 Å². The molecule has 0 amide bonds. The molecule has 3 aliphatic carbocycles. The summed E-state index contributed by atoms with van der Waals surface area (Å²) in [6.07, 6.45) is 9.23. The molecule has 0 heterocycles. The molecule has 0 aliphatic heterocycles. The lowest BCUT2D eigenvalue weighted by atomic mass is 9.59. The van der Waals surface area contributed by atoms with Gasteiger partial charge in [0.25, 0.3) is 0 Å². The first-order chi connectivity index (χ1) is 9.00. The van der Waals surface area contributed by atoms with Crippen LogP contribution >= 0.6 is 0 Å². The van der Waals surface area contributed by atoms with Crippen LogP contribution in [0.1, 0.15) is 65.2 Å². The van der Waals surface area contributed by atoms with Crippen LogP contribution in [0, 0.1) is 22.2 Å². The Morgan fingerprint density at radius 1 is 1.21 bits per heavy atom. The molecule has 108 valence electrons. The molecule has 0 aromatic rings. The normalized spacial score (nSPS) is 53.4. The predicted octanol–water partition coefficient (Wildman–Crippen LogP) is 4.30. The summed E-state index contributed by atoms with van der Waals surface area (Å²) in [5, 5.41) is 3.63. The second-order valence-electron chi connectivity index (χ2n) is 7.70. The van der Waals surface area contributed by atoms with Crippen molar-refractivity contribution in [3.63, 3.8) is 0 Å².